The summed E-state index contributed by atoms with van der Waals surface area (Å²) in [6.07, 6.45) is 0. The van der Waals surface area contributed by atoms with E-state index in [4.69, 9.17) is 4.74 Å². The normalized spacial score (nSPS) is 15.6. The van der Waals surface area contributed by atoms with Gasteiger partial charge in [0.05, 0.1) is 13.2 Å². The van der Waals surface area contributed by atoms with Crippen LogP contribution in [0.25, 0.3) is 0 Å². The second-order valence-electron chi connectivity index (χ2n) is 7.55. The Labute approximate surface area is 195 Å². The third-order valence-corrected chi connectivity index (χ3v) is 8.59. The van der Waals surface area contributed by atoms with Crippen LogP contribution in [0.15, 0.2) is 64.9 Å². The van der Waals surface area contributed by atoms with Crippen molar-refractivity contribution in [3.8, 4) is 0 Å². The van der Waals surface area contributed by atoms with Crippen molar-refractivity contribution in [1.82, 2.24) is 9.21 Å². The highest BCUT2D eigenvalue weighted by atomic mass is 32.2. The minimum atomic E-state index is -3.88. The van der Waals surface area contributed by atoms with E-state index in [2.05, 4.69) is 4.90 Å². The number of ether oxygens (including phenoxy) is 1. The number of methoxy groups -OCH3 is 1. The molecular weight excluding hydrogens is 470 g/mol. The summed E-state index contributed by atoms with van der Waals surface area (Å²) in [6, 6.07) is 13.3. The van der Waals surface area contributed by atoms with Crippen LogP contribution in [0.3, 0.4) is 0 Å². The summed E-state index contributed by atoms with van der Waals surface area (Å²) in [5, 5.41) is 1.55. The molecule has 1 saturated heterocycles. The maximum absolute atomic E-state index is 13.5. The summed E-state index contributed by atoms with van der Waals surface area (Å²) in [5.74, 6) is -1.40. The lowest BCUT2D eigenvalue weighted by Gasteiger charge is -2.39. The molecule has 0 radical (unpaired) electrons. The highest BCUT2D eigenvalue weighted by Crippen LogP contribution is 2.32. The summed E-state index contributed by atoms with van der Waals surface area (Å²) in [7, 11) is -2.67. The molecule has 10 heteroatoms. The van der Waals surface area contributed by atoms with E-state index in [1.807, 2.05) is 0 Å². The summed E-state index contributed by atoms with van der Waals surface area (Å²) in [4.78, 5) is 14.1. The molecule has 0 aliphatic carbocycles. The van der Waals surface area contributed by atoms with Crippen molar-refractivity contribution in [2.45, 2.75) is 10.9 Å². The molecule has 1 aliphatic heterocycles. The Bertz CT molecular complexity index is 1170. The first-order valence-corrected chi connectivity index (χ1v) is 12.5. The van der Waals surface area contributed by atoms with Crippen LogP contribution in [0, 0.1) is 11.6 Å². The molecule has 0 unspecified atom stereocenters. The molecule has 2 heterocycles. The number of esters is 1. The van der Waals surface area contributed by atoms with E-state index in [9.17, 15) is 22.0 Å². The zero-order valence-electron chi connectivity index (χ0n) is 17.8. The molecule has 1 fully saturated rings. The quantitative estimate of drug-likeness (QED) is 0.488. The van der Waals surface area contributed by atoms with Gasteiger partial charge in [-0.3, -0.25) is 4.90 Å². The summed E-state index contributed by atoms with van der Waals surface area (Å²) < 4.78 is 59.5. The van der Waals surface area contributed by atoms with Gasteiger partial charge >= 0.3 is 5.97 Å². The highest BCUT2D eigenvalue weighted by Gasteiger charge is 2.35. The Kier molecular flexibility index (Phi) is 6.89. The Balaban J connectivity index is 1.58. The lowest BCUT2D eigenvalue weighted by molar-refractivity contribution is 0.0602. The number of carbonyl (C=O) groups is 1. The Morgan fingerprint density at radius 3 is 1.91 bits per heavy atom. The van der Waals surface area contributed by atoms with Gasteiger partial charge in [-0.15, -0.1) is 11.3 Å². The van der Waals surface area contributed by atoms with Gasteiger partial charge in [-0.05, 0) is 46.8 Å². The monoisotopic (exact) mass is 492 g/mol. The first-order chi connectivity index (χ1) is 15.8. The van der Waals surface area contributed by atoms with Gasteiger partial charge in [0.15, 0.2) is 0 Å². The topological polar surface area (TPSA) is 66.9 Å². The standard InChI is InChI=1S/C23H22F2N2O4S2/c1-31-23(28)22-20(10-15-32-22)33(29,30)27-13-11-26(12-14-27)21(16-2-6-18(24)7-3-16)17-4-8-19(25)9-5-17/h2-10,15,21H,11-14H2,1H3. The van der Waals surface area contributed by atoms with Crippen LogP contribution in [0.5, 0.6) is 0 Å². The van der Waals surface area contributed by atoms with Crippen LogP contribution >= 0.6 is 11.3 Å². The second kappa shape index (κ2) is 9.68. The number of nitrogens with zero attached hydrogens (tertiary/aromatic N) is 2. The first-order valence-electron chi connectivity index (χ1n) is 10.2. The van der Waals surface area contributed by atoms with E-state index < -0.39 is 16.0 Å². The molecule has 4 rings (SSSR count). The molecule has 174 valence electrons. The van der Waals surface area contributed by atoms with Gasteiger partial charge in [0, 0.05) is 26.2 Å². The molecular formula is C23H22F2N2O4S2. The van der Waals surface area contributed by atoms with E-state index in [-0.39, 0.29) is 40.5 Å². The van der Waals surface area contributed by atoms with Crippen LogP contribution in [0.2, 0.25) is 0 Å². The van der Waals surface area contributed by atoms with Crippen LogP contribution in [-0.4, -0.2) is 56.9 Å². The number of piperazine rings is 1. The number of thiophene rings is 1. The molecule has 1 aromatic heterocycles. The first kappa shape index (κ1) is 23.5. The van der Waals surface area contributed by atoms with Crippen molar-refractivity contribution >= 4 is 27.3 Å². The van der Waals surface area contributed by atoms with Gasteiger partial charge in [-0.25, -0.2) is 22.0 Å². The van der Waals surface area contributed by atoms with Crippen molar-refractivity contribution in [3.63, 3.8) is 0 Å². The molecule has 0 bridgehead atoms. The lowest BCUT2D eigenvalue weighted by atomic mass is 9.96. The van der Waals surface area contributed by atoms with E-state index in [0.29, 0.717) is 13.1 Å². The molecule has 0 N–H and O–H groups in total. The number of hydrogen-bond donors (Lipinski definition) is 0. The third kappa shape index (κ3) is 4.84. The maximum atomic E-state index is 13.5. The summed E-state index contributed by atoms with van der Waals surface area (Å²) in [6.45, 7) is 1.21. The van der Waals surface area contributed by atoms with Gasteiger partial charge in [0.2, 0.25) is 10.0 Å². The maximum Gasteiger partial charge on any atom is 0.349 e. The molecule has 0 atom stereocenters. The predicted octanol–water partition coefficient (Wildman–Crippen LogP) is 3.91. The Morgan fingerprint density at radius 1 is 0.909 bits per heavy atom. The van der Waals surface area contributed by atoms with Crippen molar-refractivity contribution in [3.05, 3.63) is 87.6 Å². The number of carbonyl (C=O) groups excluding carboxylic acids is 1. The molecule has 2 aromatic carbocycles. The van der Waals surface area contributed by atoms with Gasteiger partial charge < -0.3 is 4.74 Å². The fourth-order valence-electron chi connectivity index (χ4n) is 3.99. The fourth-order valence-corrected chi connectivity index (χ4v) is 6.72. The minimum Gasteiger partial charge on any atom is -0.465 e. The number of halogens is 2. The van der Waals surface area contributed by atoms with Crippen LogP contribution < -0.4 is 0 Å². The lowest BCUT2D eigenvalue weighted by Crippen LogP contribution is -2.49. The van der Waals surface area contributed by atoms with Crippen LogP contribution in [0.1, 0.15) is 26.8 Å². The van der Waals surface area contributed by atoms with Crippen molar-refractivity contribution in [1.29, 1.82) is 0 Å². The molecule has 3 aromatic rings. The zero-order valence-corrected chi connectivity index (χ0v) is 19.4. The van der Waals surface area contributed by atoms with Crippen molar-refractivity contribution in [2.24, 2.45) is 0 Å². The summed E-state index contributed by atoms with van der Waals surface area (Å²) in [5.41, 5.74) is 1.65. The van der Waals surface area contributed by atoms with Gasteiger partial charge in [-0.1, -0.05) is 24.3 Å². The SMILES string of the molecule is COC(=O)c1sccc1S(=O)(=O)N1CCN(C(c2ccc(F)cc2)c2ccc(F)cc2)CC1. The van der Waals surface area contributed by atoms with Crippen LogP contribution in [0.4, 0.5) is 8.78 Å². The Morgan fingerprint density at radius 2 is 1.42 bits per heavy atom. The molecule has 6 nitrogen and oxygen atoms in total. The van der Waals surface area contributed by atoms with Gasteiger partial charge in [-0.2, -0.15) is 4.31 Å². The molecule has 0 saturated carbocycles. The fraction of sp³-hybridized carbons (Fsp3) is 0.261. The number of benzene rings is 2. The zero-order chi connectivity index (χ0) is 23.6. The molecule has 0 spiro atoms. The number of hydrogen-bond acceptors (Lipinski definition) is 6. The van der Waals surface area contributed by atoms with Crippen molar-refractivity contribution < 1.29 is 26.7 Å². The number of rotatable bonds is 6. The van der Waals surface area contributed by atoms with E-state index in [1.165, 1.54) is 41.7 Å². The number of sulfonamides is 1. The Hall–Kier alpha value is -2.66. The average molecular weight is 493 g/mol. The molecule has 33 heavy (non-hydrogen) atoms. The van der Waals surface area contributed by atoms with Crippen LogP contribution in [-0.2, 0) is 14.8 Å². The molecule has 1 aliphatic rings. The van der Waals surface area contributed by atoms with Crippen molar-refractivity contribution in [2.75, 3.05) is 33.3 Å². The highest BCUT2D eigenvalue weighted by molar-refractivity contribution is 7.89. The second-order valence-corrected chi connectivity index (χ2v) is 10.4. The average Bonchev–Trinajstić information content (AvgIpc) is 3.33. The van der Waals surface area contributed by atoms with E-state index in [0.717, 1.165) is 22.5 Å². The minimum absolute atomic E-state index is 0.0513. The van der Waals surface area contributed by atoms with E-state index >= 15 is 0 Å². The van der Waals surface area contributed by atoms with Gasteiger partial charge in [0.1, 0.15) is 21.4 Å². The van der Waals surface area contributed by atoms with E-state index in [1.54, 1.807) is 29.6 Å². The smallest absolute Gasteiger partial charge is 0.349 e. The third-order valence-electron chi connectivity index (χ3n) is 5.63. The van der Waals surface area contributed by atoms with Gasteiger partial charge in [0.25, 0.3) is 0 Å². The largest absolute Gasteiger partial charge is 0.465 e. The predicted molar refractivity (Wildman–Crippen MR) is 121 cm³/mol. The summed E-state index contributed by atoms with van der Waals surface area (Å²) >= 11 is 1.02. The molecule has 0 amide bonds.